The number of amides is 1. The molecule has 3 aromatic rings. The highest BCUT2D eigenvalue weighted by Gasteiger charge is 2.30. The van der Waals surface area contributed by atoms with E-state index in [2.05, 4.69) is 19.9 Å². The van der Waals surface area contributed by atoms with Crippen LogP contribution in [0.1, 0.15) is 32.2 Å². The largest absolute Gasteiger partial charge is 0.491 e. The fourth-order valence-electron chi connectivity index (χ4n) is 4.15. The number of pyridine rings is 1. The molecule has 1 aromatic carbocycles. The number of methoxy groups -OCH3 is 2. The van der Waals surface area contributed by atoms with Crippen molar-refractivity contribution in [1.82, 2.24) is 19.9 Å². The van der Waals surface area contributed by atoms with Crippen molar-refractivity contribution in [2.45, 2.75) is 38.3 Å². The predicted octanol–water partition coefficient (Wildman–Crippen LogP) is 3.35. The van der Waals surface area contributed by atoms with Crippen molar-refractivity contribution in [3.8, 4) is 28.6 Å². The second-order valence-corrected chi connectivity index (χ2v) is 8.22. The van der Waals surface area contributed by atoms with E-state index in [1.54, 1.807) is 14.2 Å². The molecule has 162 valence electrons. The van der Waals surface area contributed by atoms with Crippen molar-refractivity contribution in [2.24, 2.45) is 5.92 Å². The molecule has 0 spiro atoms. The molecule has 5 rings (SSSR count). The number of hydrogen-bond acceptors (Lipinski definition) is 6. The topological polar surface area (TPSA) is 87.5 Å². The van der Waals surface area contributed by atoms with Gasteiger partial charge in [-0.3, -0.25) is 4.79 Å². The number of hydrogen-bond donors (Lipinski definition) is 1. The lowest BCUT2D eigenvalue weighted by molar-refractivity contribution is -0.119. The SMILES string of the molecule is COc1ccc(-c2cc(O[C@H](C)[C@H]3CNC(=O)C3)c3c(c2)ncn3C2CC2)nc1OC. The lowest BCUT2D eigenvalue weighted by Crippen LogP contribution is -2.25. The van der Waals surface area contributed by atoms with E-state index in [9.17, 15) is 4.79 Å². The first-order chi connectivity index (χ1) is 15.1. The first-order valence-corrected chi connectivity index (χ1v) is 10.6. The van der Waals surface area contributed by atoms with Gasteiger partial charge in [-0.2, -0.15) is 0 Å². The molecule has 1 aliphatic heterocycles. The van der Waals surface area contributed by atoms with E-state index in [0.29, 0.717) is 30.6 Å². The number of ether oxygens (including phenoxy) is 3. The van der Waals surface area contributed by atoms with E-state index in [1.807, 2.05) is 37.5 Å². The summed E-state index contributed by atoms with van der Waals surface area (Å²) >= 11 is 0. The molecule has 0 unspecified atom stereocenters. The van der Waals surface area contributed by atoms with Gasteiger partial charge in [-0.15, -0.1) is 0 Å². The van der Waals surface area contributed by atoms with E-state index in [0.717, 1.165) is 40.9 Å². The zero-order chi connectivity index (χ0) is 21.5. The number of nitrogens with zero attached hydrogens (tertiary/aromatic N) is 3. The zero-order valence-electron chi connectivity index (χ0n) is 17.9. The highest BCUT2D eigenvalue weighted by molar-refractivity contribution is 5.88. The maximum atomic E-state index is 11.7. The number of carbonyl (C=O) groups excluding carboxylic acids is 1. The average molecular weight is 422 g/mol. The Morgan fingerprint density at radius 1 is 1.16 bits per heavy atom. The summed E-state index contributed by atoms with van der Waals surface area (Å²) in [5, 5.41) is 2.90. The number of fused-ring (bicyclic) bond motifs is 1. The summed E-state index contributed by atoms with van der Waals surface area (Å²) < 4.78 is 19.4. The van der Waals surface area contributed by atoms with Crippen LogP contribution in [0.15, 0.2) is 30.6 Å². The third kappa shape index (κ3) is 3.66. The molecule has 8 nitrogen and oxygen atoms in total. The van der Waals surface area contributed by atoms with Crippen LogP contribution < -0.4 is 19.5 Å². The molecule has 1 N–H and O–H groups in total. The van der Waals surface area contributed by atoms with Crippen LogP contribution in [0.3, 0.4) is 0 Å². The number of benzene rings is 1. The van der Waals surface area contributed by atoms with Gasteiger partial charge in [-0.25, -0.2) is 9.97 Å². The fourth-order valence-corrected chi connectivity index (χ4v) is 4.15. The van der Waals surface area contributed by atoms with Crippen LogP contribution in [0, 0.1) is 5.92 Å². The van der Waals surface area contributed by atoms with E-state index in [1.165, 1.54) is 0 Å². The highest BCUT2D eigenvalue weighted by Crippen LogP contribution is 2.42. The van der Waals surface area contributed by atoms with Gasteiger partial charge < -0.3 is 24.1 Å². The second kappa shape index (κ2) is 7.76. The summed E-state index contributed by atoms with van der Waals surface area (Å²) in [7, 11) is 3.16. The molecule has 0 bridgehead atoms. The van der Waals surface area contributed by atoms with Gasteiger partial charge in [-0.1, -0.05) is 0 Å². The molecule has 2 atom stereocenters. The summed E-state index contributed by atoms with van der Waals surface area (Å²) in [5.74, 6) is 1.99. The Morgan fingerprint density at radius 2 is 2.00 bits per heavy atom. The van der Waals surface area contributed by atoms with Gasteiger partial charge in [0, 0.05) is 30.5 Å². The lowest BCUT2D eigenvalue weighted by atomic mass is 10.0. The second-order valence-electron chi connectivity index (χ2n) is 8.22. The molecule has 31 heavy (non-hydrogen) atoms. The summed E-state index contributed by atoms with van der Waals surface area (Å²) in [6.45, 7) is 2.66. The number of rotatable bonds is 7. The summed E-state index contributed by atoms with van der Waals surface area (Å²) in [4.78, 5) is 20.9. The summed E-state index contributed by atoms with van der Waals surface area (Å²) in [6, 6.07) is 8.25. The van der Waals surface area contributed by atoms with Crippen molar-refractivity contribution in [3.63, 3.8) is 0 Å². The van der Waals surface area contributed by atoms with E-state index < -0.39 is 0 Å². The molecule has 1 aliphatic carbocycles. The molecule has 3 heterocycles. The van der Waals surface area contributed by atoms with Gasteiger partial charge in [0.15, 0.2) is 5.75 Å². The maximum Gasteiger partial charge on any atom is 0.257 e. The van der Waals surface area contributed by atoms with Crippen molar-refractivity contribution in [1.29, 1.82) is 0 Å². The maximum absolute atomic E-state index is 11.7. The number of aromatic nitrogens is 3. The third-order valence-electron chi connectivity index (χ3n) is 6.09. The zero-order valence-corrected chi connectivity index (χ0v) is 17.9. The Kier molecular flexibility index (Phi) is 4.92. The first kappa shape index (κ1) is 19.7. The molecule has 2 fully saturated rings. The average Bonchev–Trinajstić information content (AvgIpc) is 3.38. The van der Waals surface area contributed by atoms with Crippen LogP contribution >= 0.6 is 0 Å². The molecule has 1 amide bonds. The Bertz CT molecular complexity index is 1140. The number of imidazole rings is 1. The van der Waals surface area contributed by atoms with E-state index >= 15 is 0 Å². The number of carbonyl (C=O) groups is 1. The molecular formula is C23H26N4O4. The van der Waals surface area contributed by atoms with Crippen LogP contribution in [0.25, 0.3) is 22.3 Å². The van der Waals surface area contributed by atoms with Crippen LogP contribution in [-0.2, 0) is 4.79 Å². The van der Waals surface area contributed by atoms with E-state index in [-0.39, 0.29) is 17.9 Å². The molecular weight excluding hydrogens is 396 g/mol. The Labute approximate surface area is 180 Å². The molecule has 2 aromatic heterocycles. The smallest absolute Gasteiger partial charge is 0.257 e. The summed E-state index contributed by atoms with van der Waals surface area (Å²) in [6.07, 6.45) is 4.58. The number of nitrogens with one attached hydrogen (secondary N) is 1. The van der Waals surface area contributed by atoms with Gasteiger partial charge >= 0.3 is 0 Å². The fraction of sp³-hybridized carbons (Fsp3) is 0.435. The van der Waals surface area contributed by atoms with Crippen molar-refractivity contribution in [2.75, 3.05) is 20.8 Å². The monoisotopic (exact) mass is 422 g/mol. The quantitative estimate of drug-likeness (QED) is 0.628. The van der Waals surface area contributed by atoms with Crippen molar-refractivity contribution >= 4 is 16.9 Å². The van der Waals surface area contributed by atoms with Gasteiger partial charge in [0.1, 0.15) is 17.4 Å². The predicted molar refractivity (Wildman–Crippen MR) is 116 cm³/mol. The minimum atomic E-state index is -0.113. The molecule has 0 radical (unpaired) electrons. The Balaban J connectivity index is 1.57. The van der Waals surface area contributed by atoms with Gasteiger partial charge in [0.05, 0.1) is 31.8 Å². The van der Waals surface area contributed by atoms with Crippen molar-refractivity contribution in [3.05, 3.63) is 30.6 Å². The van der Waals surface area contributed by atoms with Crippen LogP contribution in [0.2, 0.25) is 0 Å². The Morgan fingerprint density at radius 3 is 2.68 bits per heavy atom. The summed E-state index contributed by atoms with van der Waals surface area (Å²) in [5.41, 5.74) is 3.49. The van der Waals surface area contributed by atoms with Crippen LogP contribution in [-0.4, -0.2) is 47.3 Å². The van der Waals surface area contributed by atoms with Crippen LogP contribution in [0.5, 0.6) is 17.4 Å². The normalized spacial score (nSPS) is 19.3. The molecule has 1 saturated carbocycles. The van der Waals surface area contributed by atoms with Gasteiger partial charge in [0.25, 0.3) is 5.88 Å². The van der Waals surface area contributed by atoms with Crippen molar-refractivity contribution < 1.29 is 19.0 Å². The highest BCUT2D eigenvalue weighted by atomic mass is 16.5. The molecule has 1 saturated heterocycles. The minimum Gasteiger partial charge on any atom is -0.491 e. The molecule has 2 aliphatic rings. The minimum absolute atomic E-state index is 0.0805. The van der Waals surface area contributed by atoms with E-state index in [4.69, 9.17) is 14.2 Å². The first-order valence-electron chi connectivity index (χ1n) is 10.6. The molecule has 8 heteroatoms. The van der Waals surface area contributed by atoms with Crippen LogP contribution in [0.4, 0.5) is 0 Å². The Hall–Kier alpha value is -3.29. The van der Waals surface area contributed by atoms with Gasteiger partial charge in [0.2, 0.25) is 5.91 Å². The van der Waals surface area contributed by atoms with Gasteiger partial charge in [-0.05, 0) is 44.0 Å². The third-order valence-corrected chi connectivity index (χ3v) is 6.09. The standard InChI is InChI=1S/C23H26N4O4/c1-13(15-10-21(28)24-11-15)31-20-9-14(17-6-7-19(29-2)23(26-17)30-3)8-18-22(20)27(12-25-18)16-4-5-16/h6-9,12-13,15-16H,4-5,10-11H2,1-3H3,(H,24,28)/t13-,15-/m1/s1. The lowest BCUT2D eigenvalue weighted by Gasteiger charge is -2.21.